The molecule has 5 nitrogen and oxygen atoms in total. The predicted octanol–water partition coefficient (Wildman–Crippen LogP) is 2.49. The molecule has 0 fully saturated rings. The lowest BCUT2D eigenvalue weighted by Gasteiger charge is -2.16. The standard InChI is InChI=1S/C14H15N5/c1-11-16-13(18-12-6-4-3-5-7-12)10-14(17-11)19(2)9-8-15/h3-7,10H,9H2,1-2H3,(H,16,17,18). The van der Waals surface area contributed by atoms with E-state index < -0.39 is 0 Å². The second-order valence-corrected chi connectivity index (χ2v) is 4.16. The third-order valence-electron chi connectivity index (χ3n) is 2.57. The van der Waals surface area contributed by atoms with Crippen molar-refractivity contribution in [2.45, 2.75) is 6.92 Å². The summed E-state index contributed by atoms with van der Waals surface area (Å²) in [5.74, 6) is 2.12. The number of nitriles is 1. The fraction of sp³-hybridized carbons (Fsp3) is 0.214. The van der Waals surface area contributed by atoms with Gasteiger partial charge in [-0.15, -0.1) is 0 Å². The first-order valence-corrected chi connectivity index (χ1v) is 5.95. The summed E-state index contributed by atoms with van der Waals surface area (Å²) in [7, 11) is 1.83. The zero-order chi connectivity index (χ0) is 13.7. The molecule has 2 aromatic rings. The summed E-state index contributed by atoms with van der Waals surface area (Å²) >= 11 is 0. The van der Waals surface area contributed by atoms with Crippen LogP contribution in [0.5, 0.6) is 0 Å². The Hall–Kier alpha value is -2.61. The van der Waals surface area contributed by atoms with Crippen LogP contribution in [-0.2, 0) is 0 Å². The highest BCUT2D eigenvalue weighted by Gasteiger charge is 2.06. The number of para-hydroxylation sites is 1. The van der Waals surface area contributed by atoms with Crippen molar-refractivity contribution in [1.29, 1.82) is 5.26 Å². The molecule has 0 saturated carbocycles. The van der Waals surface area contributed by atoms with E-state index in [9.17, 15) is 0 Å². The third-order valence-corrected chi connectivity index (χ3v) is 2.57. The normalized spacial score (nSPS) is 9.74. The molecule has 0 aliphatic carbocycles. The number of rotatable bonds is 4. The summed E-state index contributed by atoms with van der Waals surface area (Å²) in [4.78, 5) is 10.4. The van der Waals surface area contributed by atoms with E-state index in [0.29, 0.717) is 12.4 Å². The lowest BCUT2D eigenvalue weighted by molar-refractivity contribution is 0.954. The van der Waals surface area contributed by atoms with Crippen LogP contribution in [0.2, 0.25) is 0 Å². The number of nitrogens with one attached hydrogen (secondary N) is 1. The fourth-order valence-electron chi connectivity index (χ4n) is 1.67. The van der Waals surface area contributed by atoms with Crippen molar-refractivity contribution in [3.8, 4) is 6.07 Å². The molecule has 1 N–H and O–H groups in total. The maximum atomic E-state index is 8.72. The van der Waals surface area contributed by atoms with E-state index in [4.69, 9.17) is 5.26 Å². The number of anilines is 3. The largest absolute Gasteiger partial charge is 0.346 e. The van der Waals surface area contributed by atoms with Gasteiger partial charge in [0, 0.05) is 18.8 Å². The van der Waals surface area contributed by atoms with Crippen LogP contribution in [0, 0.1) is 18.3 Å². The van der Waals surface area contributed by atoms with E-state index in [1.165, 1.54) is 0 Å². The molecule has 2 rings (SSSR count). The van der Waals surface area contributed by atoms with Gasteiger partial charge in [-0.3, -0.25) is 0 Å². The van der Waals surface area contributed by atoms with Crippen molar-refractivity contribution in [3.05, 3.63) is 42.2 Å². The number of aryl methyl sites for hydroxylation is 1. The Morgan fingerprint density at radius 1 is 1.26 bits per heavy atom. The molecule has 0 spiro atoms. The Bertz CT molecular complexity index is 589. The molecule has 19 heavy (non-hydrogen) atoms. The summed E-state index contributed by atoms with van der Waals surface area (Å²) in [5, 5.41) is 11.9. The Labute approximate surface area is 112 Å². The summed E-state index contributed by atoms with van der Waals surface area (Å²) in [6, 6.07) is 13.7. The van der Waals surface area contributed by atoms with Crippen LogP contribution in [0.25, 0.3) is 0 Å². The van der Waals surface area contributed by atoms with Crippen LogP contribution < -0.4 is 10.2 Å². The number of benzene rings is 1. The number of hydrogen-bond donors (Lipinski definition) is 1. The zero-order valence-corrected chi connectivity index (χ0v) is 11.0. The summed E-state index contributed by atoms with van der Waals surface area (Å²) in [6.45, 7) is 2.13. The van der Waals surface area contributed by atoms with Crippen molar-refractivity contribution < 1.29 is 0 Å². The molecule has 0 aliphatic rings. The molecule has 1 heterocycles. The average Bonchev–Trinajstić information content (AvgIpc) is 2.39. The van der Waals surface area contributed by atoms with Gasteiger partial charge in [-0.05, 0) is 19.1 Å². The van der Waals surface area contributed by atoms with Crippen molar-refractivity contribution >= 4 is 17.3 Å². The zero-order valence-electron chi connectivity index (χ0n) is 11.0. The average molecular weight is 253 g/mol. The van der Waals surface area contributed by atoms with Crippen LogP contribution in [0.3, 0.4) is 0 Å². The van der Waals surface area contributed by atoms with Crippen LogP contribution in [0.4, 0.5) is 17.3 Å². The van der Waals surface area contributed by atoms with Gasteiger partial charge in [0.2, 0.25) is 0 Å². The van der Waals surface area contributed by atoms with E-state index in [1.54, 1.807) is 4.90 Å². The molecular formula is C14H15N5. The van der Waals surface area contributed by atoms with Gasteiger partial charge in [0.25, 0.3) is 0 Å². The van der Waals surface area contributed by atoms with Gasteiger partial charge in [0.1, 0.15) is 24.0 Å². The number of hydrogen-bond acceptors (Lipinski definition) is 5. The Morgan fingerprint density at radius 3 is 2.68 bits per heavy atom. The van der Waals surface area contributed by atoms with E-state index in [1.807, 2.05) is 50.4 Å². The first-order valence-electron chi connectivity index (χ1n) is 5.95. The van der Waals surface area contributed by atoms with Crippen molar-refractivity contribution in [1.82, 2.24) is 9.97 Å². The fourth-order valence-corrected chi connectivity index (χ4v) is 1.67. The maximum absolute atomic E-state index is 8.72. The molecule has 5 heteroatoms. The monoisotopic (exact) mass is 253 g/mol. The first-order chi connectivity index (χ1) is 9.19. The second kappa shape index (κ2) is 5.83. The van der Waals surface area contributed by atoms with Crippen LogP contribution in [0.15, 0.2) is 36.4 Å². The van der Waals surface area contributed by atoms with E-state index in [0.717, 1.165) is 17.3 Å². The Balaban J connectivity index is 2.24. The maximum Gasteiger partial charge on any atom is 0.136 e. The quantitative estimate of drug-likeness (QED) is 0.848. The van der Waals surface area contributed by atoms with Gasteiger partial charge < -0.3 is 10.2 Å². The Kier molecular flexibility index (Phi) is 3.94. The van der Waals surface area contributed by atoms with Crippen molar-refractivity contribution in [2.75, 3.05) is 23.8 Å². The van der Waals surface area contributed by atoms with Gasteiger partial charge in [0.05, 0.1) is 6.07 Å². The minimum atomic E-state index is 0.293. The molecule has 0 radical (unpaired) electrons. The molecule has 0 amide bonds. The van der Waals surface area contributed by atoms with Crippen LogP contribution in [-0.4, -0.2) is 23.6 Å². The van der Waals surface area contributed by atoms with Gasteiger partial charge in [-0.1, -0.05) is 18.2 Å². The first kappa shape index (κ1) is 12.8. The van der Waals surface area contributed by atoms with Gasteiger partial charge in [-0.2, -0.15) is 5.26 Å². The highest BCUT2D eigenvalue weighted by molar-refractivity contribution is 5.59. The number of aromatic nitrogens is 2. The molecule has 96 valence electrons. The van der Waals surface area contributed by atoms with Crippen LogP contribution in [0.1, 0.15) is 5.82 Å². The van der Waals surface area contributed by atoms with E-state index in [-0.39, 0.29) is 0 Å². The highest BCUT2D eigenvalue weighted by Crippen LogP contribution is 2.18. The molecule has 0 aliphatic heterocycles. The highest BCUT2D eigenvalue weighted by atomic mass is 15.2. The summed E-state index contributed by atoms with van der Waals surface area (Å²) < 4.78 is 0. The third kappa shape index (κ3) is 3.42. The molecule has 0 atom stereocenters. The Morgan fingerprint density at radius 2 is 2.00 bits per heavy atom. The second-order valence-electron chi connectivity index (χ2n) is 4.16. The van der Waals surface area contributed by atoms with E-state index >= 15 is 0 Å². The number of nitrogens with zero attached hydrogens (tertiary/aromatic N) is 4. The predicted molar refractivity (Wildman–Crippen MR) is 75.4 cm³/mol. The van der Waals surface area contributed by atoms with Crippen molar-refractivity contribution in [3.63, 3.8) is 0 Å². The smallest absolute Gasteiger partial charge is 0.136 e. The van der Waals surface area contributed by atoms with Gasteiger partial charge >= 0.3 is 0 Å². The SMILES string of the molecule is Cc1nc(Nc2ccccc2)cc(N(C)CC#N)n1. The minimum Gasteiger partial charge on any atom is -0.346 e. The topological polar surface area (TPSA) is 64.8 Å². The van der Waals surface area contributed by atoms with Crippen molar-refractivity contribution in [2.24, 2.45) is 0 Å². The lowest BCUT2D eigenvalue weighted by Crippen LogP contribution is -2.19. The summed E-state index contributed by atoms with van der Waals surface area (Å²) in [5.41, 5.74) is 0.967. The molecule has 0 bridgehead atoms. The molecule has 0 unspecified atom stereocenters. The molecule has 1 aromatic heterocycles. The van der Waals surface area contributed by atoms with Gasteiger partial charge in [-0.25, -0.2) is 9.97 Å². The minimum absolute atomic E-state index is 0.293. The lowest BCUT2D eigenvalue weighted by atomic mass is 10.3. The summed E-state index contributed by atoms with van der Waals surface area (Å²) in [6.07, 6.45) is 0. The molecule has 1 aromatic carbocycles. The van der Waals surface area contributed by atoms with E-state index in [2.05, 4.69) is 21.4 Å². The molecule has 0 saturated heterocycles. The molecular weight excluding hydrogens is 238 g/mol. The van der Waals surface area contributed by atoms with Gasteiger partial charge in [0.15, 0.2) is 0 Å². The van der Waals surface area contributed by atoms with Crippen LogP contribution >= 0.6 is 0 Å².